The van der Waals surface area contributed by atoms with Gasteiger partial charge in [0.1, 0.15) is 13.2 Å². The van der Waals surface area contributed by atoms with Crippen molar-refractivity contribution < 1.29 is 23.7 Å². The average molecular weight is 399 g/mol. The maximum Gasteiger partial charge on any atom is 0.224 e. The van der Waals surface area contributed by atoms with Crippen molar-refractivity contribution >= 4 is 5.91 Å². The van der Waals surface area contributed by atoms with Crippen LogP contribution in [0.15, 0.2) is 36.4 Å². The summed E-state index contributed by atoms with van der Waals surface area (Å²) in [6.07, 6.45) is 0.272. The predicted octanol–water partition coefficient (Wildman–Crippen LogP) is 3.92. The second kappa shape index (κ2) is 9.54. The second-order valence-electron chi connectivity index (χ2n) is 7.56. The first-order chi connectivity index (χ1) is 14.0. The minimum Gasteiger partial charge on any atom is -0.493 e. The number of nitrogens with one attached hydrogen (secondary N) is 1. The Kier molecular flexibility index (Phi) is 6.86. The number of ether oxygens (including phenoxy) is 4. The number of methoxy groups -OCH3 is 1. The van der Waals surface area contributed by atoms with Crippen molar-refractivity contribution in [2.75, 3.05) is 26.9 Å². The van der Waals surface area contributed by atoms with Crippen LogP contribution in [0.2, 0.25) is 0 Å². The van der Waals surface area contributed by atoms with E-state index in [4.69, 9.17) is 18.9 Å². The molecule has 1 amide bonds. The van der Waals surface area contributed by atoms with Gasteiger partial charge in [-0.1, -0.05) is 26.0 Å². The summed E-state index contributed by atoms with van der Waals surface area (Å²) in [6, 6.07) is 11.2. The van der Waals surface area contributed by atoms with Gasteiger partial charge in [-0.25, -0.2) is 0 Å². The molecule has 3 rings (SSSR count). The van der Waals surface area contributed by atoms with E-state index >= 15 is 0 Å². The summed E-state index contributed by atoms with van der Waals surface area (Å²) in [5, 5.41) is 3.04. The second-order valence-corrected chi connectivity index (χ2v) is 7.56. The van der Waals surface area contributed by atoms with E-state index in [1.807, 2.05) is 43.3 Å². The first-order valence-corrected chi connectivity index (χ1v) is 9.95. The maximum absolute atomic E-state index is 12.5. The molecular weight excluding hydrogens is 370 g/mol. The number of amides is 1. The zero-order chi connectivity index (χ0) is 20.8. The number of carbonyl (C=O) groups is 1. The van der Waals surface area contributed by atoms with E-state index in [2.05, 4.69) is 19.2 Å². The van der Waals surface area contributed by atoms with Crippen molar-refractivity contribution in [1.29, 1.82) is 0 Å². The van der Waals surface area contributed by atoms with Crippen LogP contribution < -0.4 is 24.3 Å². The standard InChI is InChI=1S/C23H29NO5/c1-15(2)14-29-19-8-6-18(13-21(19)26-4)16(3)24-23(25)12-17-5-7-20-22(11-17)28-10-9-27-20/h5-8,11,13,15-16H,9-10,12,14H2,1-4H3,(H,24,25). The molecule has 0 aliphatic carbocycles. The average Bonchev–Trinajstić information content (AvgIpc) is 2.71. The third-order valence-corrected chi connectivity index (χ3v) is 4.61. The van der Waals surface area contributed by atoms with Gasteiger partial charge in [0.25, 0.3) is 0 Å². The summed E-state index contributed by atoms with van der Waals surface area (Å²) in [6.45, 7) is 7.84. The normalized spacial score (nSPS) is 13.7. The van der Waals surface area contributed by atoms with Crippen molar-refractivity contribution in [2.24, 2.45) is 5.92 Å². The summed E-state index contributed by atoms with van der Waals surface area (Å²) < 4.78 is 22.4. The van der Waals surface area contributed by atoms with E-state index in [1.54, 1.807) is 7.11 Å². The lowest BCUT2D eigenvalue weighted by Gasteiger charge is -2.19. The van der Waals surface area contributed by atoms with E-state index in [9.17, 15) is 4.79 Å². The lowest BCUT2D eigenvalue weighted by atomic mass is 10.1. The summed E-state index contributed by atoms with van der Waals surface area (Å²) >= 11 is 0. The topological polar surface area (TPSA) is 66.0 Å². The van der Waals surface area contributed by atoms with E-state index in [0.29, 0.717) is 43.0 Å². The molecule has 1 unspecified atom stereocenters. The van der Waals surface area contributed by atoms with Crippen molar-refractivity contribution in [1.82, 2.24) is 5.32 Å². The molecule has 0 radical (unpaired) electrons. The highest BCUT2D eigenvalue weighted by Crippen LogP contribution is 2.32. The van der Waals surface area contributed by atoms with E-state index in [0.717, 1.165) is 16.9 Å². The smallest absolute Gasteiger partial charge is 0.224 e. The number of rotatable bonds is 8. The van der Waals surface area contributed by atoms with Gasteiger partial charge in [0.2, 0.25) is 5.91 Å². The van der Waals surface area contributed by atoms with E-state index in [1.165, 1.54) is 0 Å². The molecule has 1 atom stereocenters. The monoisotopic (exact) mass is 399 g/mol. The zero-order valence-corrected chi connectivity index (χ0v) is 17.5. The van der Waals surface area contributed by atoms with E-state index < -0.39 is 0 Å². The lowest BCUT2D eigenvalue weighted by Crippen LogP contribution is -2.28. The number of benzene rings is 2. The van der Waals surface area contributed by atoms with Crippen molar-refractivity contribution in [2.45, 2.75) is 33.2 Å². The molecule has 0 aromatic heterocycles. The molecule has 1 N–H and O–H groups in total. The molecule has 0 saturated carbocycles. The maximum atomic E-state index is 12.5. The van der Waals surface area contributed by atoms with Gasteiger partial charge in [0.15, 0.2) is 23.0 Å². The number of hydrogen-bond donors (Lipinski definition) is 1. The Labute approximate surface area is 172 Å². The zero-order valence-electron chi connectivity index (χ0n) is 17.5. The van der Waals surface area contributed by atoms with Gasteiger partial charge in [-0.05, 0) is 48.2 Å². The van der Waals surface area contributed by atoms with E-state index in [-0.39, 0.29) is 18.4 Å². The summed E-state index contributed by atoms with van der Waals surface area (Å²) in [5.74, 6) is 3.15. The van der Waals surface area contributed by atoms with Gasteiger partial charge < -0.3 is 24.3 Å². The Balaban J connectivity index is 1.61. The Morgan fingerprint density at radius 2 is 1.79 bits per heavy atom. The molecule has 0 fully saturated rings. The first-order valence-electron chi connectivity index (χ1n) is 9.95. The fourth-order valence-corrected chi connectivity index (χ4v) is 3.09. The highest BCUT2D eigenvalue weighted by molar-refractivity contribution is 5.79. The van der Waals surface area contributed by atoms with Crippen LogP contribution in [0.25, 0.3) is 0 Å². The minimum absolute atomic E-state index is 0.0618. The summed E-state index contributed by atoms with van der Waals surface area (Å²) in [5.41, 5.74) is 1.84. The van der Waals surface area contributed by atoms with Gasteiger partial charge in [-0.15, -0.1) is 0 Å². The Morgan fingerprint density at radius 1 is 1.03 bits per heavy atom. The molecule has 1 aliphatic heterocycles. The van der Waals surface area contributed by atoms with Crippen LogP contribution in [0.3, 0.4) is 0 Å². The molecule has 0 spiro atoms. The van der Waals surface area contributed by atoms with Crippen molar-refractivity contribution in [3.05, 3.63) is 47.5 Å². The molecule has 6 nitrogen and oxygen atoms in total. The molecule has 0 saturated heterocycles. The Morgan fingerprint density at radius 3 is 2.52 bits per heavy atom. The van der Waals surface area contributed by atoms with Crippen molar-refractivity contribution in [3.63, 3.8) is 0 Å². The predicted molar refractivity (Wildman–Crippen MR) is 111 cm³/mol. The Hall–Kier alpha value is -2.89. The highest BCUT2D eigenvalue weighted by atomic mass is 16.6. The van der Waals surface area contributed by atoms with Gasteiger partial charge >= 0.3 is 0 Å². The molecular formula is C23H29NO5. The molecule has 2 aromatic rings. The van der Waals surface area contributed by atoms with Gasteiger partial charge in [-0.3, -0.25) is 4.79 Å². The van der Waals surface area contributed by atoms with Crippen LogP contribution >= 0.6 is 0 Å². The fourth-order valence-electron chi connectivity index (χ4n) is 3.09. The van der Waals surface area contributed by atoms with Crippen LogP contribution in [-0.2, 0) is 11.2 Å². The summed E-state index contributed by atoms with van der Waals surface area (Å²) in [4.78, 5) is 12.5. The number of carbonyl (C=O) groups excluding carboxylic acids is 1. The number of fused-ring (bicyclic) bond motifs is 1. The van der Waals surface area contributed by atoms with Crippen LogP contribution in [-0.4, -0.2) is 32.8 Å². The quantitative estimate of drug-likeness (QED) is 0.729. The van der Waals surface area contributed by atoms with Crippen molar-refractivity contribution in [3.8, 4) is 23.0 Å². The minimum atomic E-state index is -0.159. The molecule has 156 valence electrons. The molecule has 1 aliphatic rings. The first kappa shape index (κ1) is 20.8. The molecule has 1 heterocycles. The molecule has 6 heteroatoms. The fraction of sp³-hybridized carbons (Fsp3) is 0.435. The third kappa shape index (κ3) is 5.56. The van der Waals surface area contributed by atoms with Crippen LogP contribution in [0.4, 0.5) is 0 Å². The Bertz CT molecular complexity index is 849. The molecule has 0 bridgehead atoms. The molecule has 2 aromatic carbocycles. The van der Waals surface area contributed by atoms with Crippen LogP contribution in [0.1, 0.15) is 37.9 Å². The summed E-state index contributed by atoms with van der Waals surface area (Å²) in [7, 11) is 1.62. The van der Waals surface area contributed by atoms with Crippen LogP contribution in [0, 0.1) is 5.92 Å². The number of hydrogen-bond acceptors (Lipinski definition) is 5. The highest BCUT2D eigenvalue weighted by Gasteiger charge is 2.16. The van der Waals surface area contributed by atoms with Gasteiger partial charge in [-0.2, -0.15) is 0 Å². The lowest BCUT2D eigenvalue weighted by molar-refractivity contribution is -0.121. The largest absolute Gasteiger partial charge is 0.493 e. The van der Waals surface area contributed by atoms with Crippen LogP contribution in [0.5, 0.6) is 23.0 Å². The van der Waals surface area contributed by atoms with Gasteiger partial charge in [0, 0.05) is 0 Å². The van der Waals surface area contributed by atoms with Gasteiger partial charge in [0.05, 0.1) is 26.2 Å². The third-order valence-electron chi connectivity index (χ3n) is 4.61. The molecule has 29 heavy (non-hydrogen) atoms. The SMILES string of the molecule is COc1cc(C(C)NC(=O)Cc2ccc3c(c2)OCCO3)ccc1OCC(C)C.